The minimum Gasteiger partial charge on any atom is -0.497 e. The molecular formula is C18H19N3O3. The van der Waals surface area contributed by atoms with E-state index in [9.17, 15) is 9.59 Å². The predicted molar refractivity (Wildman–Crippen MR) is 93.3 cm³/mol. The molecule has 24 heavy (non-hydrogen) atoms. The molecule has 6 nitrogen and oxygen atoms in total. The first-order valence-corrected chi connectivity index (χ1v) is 7.35. The molecule has 0 bridgehead atoms. The number of ether oxygens (including phenoxy) is 1. The first-order valence-electron chi connectivity index (χ1n) is 7.35. The number of nitrogens with one attached hydrogen (secondary N) is 2. The number of hydrogen-bond donors (Lipinski definition) is 2. The molecule has 2 aromatic carbocycles. The molecule has 2 rings (SSSR count). The standard InChI is InChI=1S/C18H19N3O3/c1-12-4-5-13(2)16(10-12)20-17(22)18(23)21-19-11-14-6-8-15(24-3)9-7-14/h4-11H,1-3H3,(H,20,22)(H,21,23)/b19-11-. The number of benzene rings is 2. The zero-order chi connectivity index (χ0) is 17.5. The molecule has 0 aromatic heterocycles. The molecule has 0 saturated carbocycles. The first-order chi connectivity index (χ1) is 11.5. The van der Waals surface area contributed by atoms with Gasteiger partial charge < -0.3 is 10.1 Å². The van der Waals surface area contributed by atoms with E-state index in [0.29, 0.717) is 5.69 Å². The Labute approximate surface area is 140 Å². The van der Waals surface area contributed by atoms with Crippen molar-refractivity contribution in [1.29, 1.82) is 0 Å². The molecule has 2 aromatic rings. The Bertz CT molecular complexity index is 768. The van der Waals surface area contributed by atoms with Crippen molar-refractivity contribution in [2.24, 2.45) is 5.10 Å². The van der Waals surface area contributed by atoms with Crippen molar-refractivity contribution < 1.29 is 14.3 Å². The van der Waals surface area contributed by atoms with Gasteiger partial charge in [-0.1, -0.05) is 12.1 Å². The summed E-state index contributed by atoms with van der Waals surface area (Å²) in [6.45, 7) is 3.77. The Morgan fingerprint density at radius 2 is 1.75 bits per heavy atom. The van der Waals surface area contributed by atoms with Gasteiger partial charge in [0.05, 0.1) is 13.3 Å². The molecule has 0 aliphatic carbocycles. The van der Waals surface area contributed by atoms with Gasteiger partial charge in [0.25, 0.3) is 0 Å². The molecule has 0 unspecified atom stereocenters. The molecule has 124 valence electrons. The second kappa shape index (κ2) is 7.92. The van der Waals surface area contributed by atoms with Gasteiger partial charge in [-0.05, 0) is 60.9 Å². The van der Waals surface area contributed by atoms with E-state index in [4.69, 9.17) is 4.74 Å². The third kappa shape index (κ3) is 4.67. The van der Waals surface area contributed by atoms with E-state index in [2.05, 4.69) is 15.8 Å². The lowest BCUT2D eigenvalue weighted by Crippen LogP contribution is -2.32. The van der Waals surface area contributed by atoms with Crippen molar-refractivity contribution in [2.75, 3.05) is 12.4 Å². The number of hydrazone groups is 1. The Hall–Kier alpha value is -3.15. The van der Waals surface area contributed by atoms with Gasteiger partial charge in [0.15, 0.2) is 0 Å². The van der Waals surface area contributed by atoms with Crippen molar-refractivity contribution in [3.8, 4) is 5.75 Å². The van der Waals surface area contributed by atoms with Crippen molar-refractivity contribution in [2.45, 2.75) is 13.8 Å². The number of methoxy groups -OCH3 is 1. The minimum atomic E-state index is -0.833. The van der Waals surface area contributed by atoms with E-state index in [0.717, 1.165) is 22.4 Å². The molecule has 2 amide bonds. The van der Waals surface area contributed by atoms with Crippen LogP contribution >= 0.6 is 0 Å². The van der Waals surface area contributed by atoms with Gasteiger partial charge >= 0.3 is 11.8 Å². The van der Waals surface area contributed by atoms with Crippen LogP contribution in [0.3, 0.4) is 0 Å². The molecule has 6 heteroatoms. The molecule has 0 aliphatic rings. The second-order valence-electron chi connectivity index (χ2n) is 5.24. The molecule has 0 spiro atoms. The molecule has 0 radical (unpaired) electrons. The molecule has 0 aliphatic heterocycles. The zero-order valence-corrected chi connectivity index (χ0v) is 13.8. The number of hydrogen-bond acceptors (Lipinski definition) is 4. The van der Waals surface area contributed by atoms with E-state index in [-0.39, 0.29) is 0 Å². The lowest BCUT2D eigenvalue weighted by Gasteiger charge is -2.08. The number of amides is 2. The lowest BCUT2D eigenvalue weighted by atomic mass is 10.1. The number of rotatable bonds is 4. The van der Waals surface area contributed by atoms with Crippen molar-refractivity contribution in [1.82, 2.24) is 5.43 Å². The van der Waals surface area contributed by atoms with Crippen LogP contribution in [0.2, 0.25) is 0 Å². The molecule has 0 saturated heterocycles. The quantitative estimate of drug-likeness (QED) is 0.515. The first kappa shape index (κ1) is 17.2. The number of aryl methyl sites for hydroxylation is 2. The van der Waals surface area contributed by atoms with Gasteiger partial charge in [-0.2, -0.15) is 5.10 Å². The highest BCUT2D eigenvalue weighted by atomic mass is 16.5. The maximum Gasteiger partial charge on any atom is 0.329 e. The lowest BCUT2D eigenvalue weighted by molar-refractivity contribution is -0.136. The normalized spacial score (nSPS) is 10.5. The Balaban J connectivity index is 1.92. The predicted octanol–water partition coefficient (Wildman–Crippen LogP) is 2.40. The summed E-state index contributed by atoms with van der Waals surface area (Å²) >= 11 is 0. The Morgan fingerprint density at radius 1 is 1.04 bits per heavy atom. The van der Waals surface area contributed by atoms with Gasteiger partial charge in [0.1, 0.15) is 5.75 Å². The number of anilines is 1. The average molecular weight is 325 g/mol. The highest BCUT2D eigenvalue weighted by Crippen LogP contribution is 2.16. The van der Waals surface area contributed by atoms with Crippen molar-refractivity contribution >= 4 is 23.7 Å². The number of nitrogens with zero attached hydrogens (tertiary/aromatic N) is 1. The number of carbonyl (C=O) groups is 2. The van der Waals surface area contributed by atoms with E-state index in [1.807, 2.05) is 26.0 Å². The maximum absolute atomic E-state index is 11.9. The molecule has 0 heterocycles. The Kier molecular flexibility index (Phi) is 5.68. The van der Waals surface area contributed by atoms with Crippen LogP contribution in [-0.4, -0.2) is 25.1 Å². The molecule has 2 N–H and O–H groups in total. The molecular weight excluding hydrogens is 306 g/mol. The minimum absolute atomic E-state index is 0.606. The zero-order valence-electron chi connectivity index (χ0n) is 13.8. The molecule has 0 atom stereocenters. The fraction of sp³-hybridized carbons (Fsp3) is 0.167. The second-order valence-corrected chi connectivity index (χ2v) is 5.24. The van der Waals surface area contributed by atoms with Crippen LogP contribution in [0.5, 0.6) is 5.75 Å². The van der Waals surface area contributed by atoms with Crippen LogP contribution in [0.4, 0.5) is 5.69 Å². The summed E-state index contributed by atoms with van der Waals surface area (Å²) in [5.41, 5.74) is 5.45. The third-order valence-corrected chi connectivity index (χ3v) is 3.34. The third-order valence-electron chi connectivity index (χ3n) is 3.34. The van der Waals surface area contributed by atoms with Crippen LogP contribution in [-0.2, 0) is 9.59 Å². The van der Waals surface area contributed by atoms with Crippen LogP contribution in [0, 0.1) is 13.8 Å². The fourth-order valence-electron chi connectivity index (χ4n) is 1.96. The summed E-state index contributed by atoms with van der Waals surface area (Å²) in [6, 6.07) is 12.7. The van der Waals surface area contributed by atoms with Crippen LogP contribution in [0.25, 0.3) is 0 Å². The summed E-state index contributed by atoms with van der Waals surface area (Å²) in [4.78, 5) is 23.7. The maximum atomic E-state index is 11.9. The topological polar surface area (TPSA) is 79.8 Å². The summed E-state index contributed by atoms with van der Waals surface area (Å²) in [7, 11) is 1.58. The largest absolute Gasteiger partial charge is 0.497 e. The van der Waals surface area contributed by atoms with E-state index in [1.165, 1.54) is 6.21 Å². The van der Waals surface area contributed by atoms with Crippen molar-refractivity contribution in [3.05, 3.63) is 59.2 Å². The van der Waals surface area contributed by atoms with Gasteiger partial charge in [-0.15, -0.1) is 0 Å². The van der Waals surface area contributed by atoms with Crippen LogP contribution in [0.15, 0.2) is 47.6 Å². The smallest absolute Gasteiger partial charge is 0.329 e. The summed E-state index contributed by atoms with van der Waals surface area (Å²) in [5.74, 6) is -0.875. The van der Waals surface area contributed by atoms with E-state index in [1.54, 1.807) is 37.4 Å². The highest BCUT2D eigenvalue weighted by molar-refractivity contribution is 6.39. The van der Waals surface area contributed by atoms with E-state index >= 15 is 0 Å². The fourth-order valence-corrected chi connectivity index (χ4v) is 1.96. The highest BCUT2D eigenvalue weighted by Gasteiger charge is 2.13. The monoisotopic (exact) mass is 325 g/mol. The summed E-state index contributed by atoms with van der Waals surface area (Å²) in [6.07, 6.45) is 1.45. The van der Waals surface area contributed by atoms with Gasteiger partial charge in [0, 0.05) is 5.69 Å². The van der Waals surface area contributed by atoms with Crippen LogP contribution in [0.1, 0.15) is 16.7 Å². The van der Waals surface area contributed by atoms with E-state index < -0.39 is 11.8 Å². The Morgan fingerprint density at radius 3 is 2.42 bits per heavy atom. The van der Waals surface area contributed by atoms with Gasteiger partial charge in [-0.25, -0.2) is 5.43 Å². The SMILES string of the molecule is COc1ccc(/C=N\NC(=O)C(=O)Nc2cc(C)ccc2C)cc1. The van der Waals surface area contributed by atoms with Crippen LogP contribution < -0.4 is 15.5 Å². The van der Waals surface area contributed by atoms with Gasteiger partial charge in [-0.3, -0.25) is 9.59 Å². The molecule has 0 fully saturated rings. The van der Waals surface area contributed by atoms with Gasteiger partial charge in [0.2, 0.25) is 0 Å². The average Bonchev–Trinajstić information content (AvgIpc) is 2.58. The summed E-state index contributed by atoms with van der Waals surface area (Å²) < 4.78 is 5.05. The number of carbonyl (C=O) groups excluding carboxylic acids is 2. The van der Waals surface area contributed by atoms with Crippen molar-refractivity contribution in [3.63, 3.8) is 0 Å². The summed E-state index contributed by atoms with van der Waals surface area (Å²) in [5, 5.41) is 6.35.